The Labute approximate surface area is 169 Å². The van der Waals surface area contributed by atoms with E-state index in [0.29, 0.717) is 17.2 Å². The Morgan fingerprint density at radius 1 is 1.15 bits per heavy atom. The van der Waals surface area contributed by atoms with E-state index in [4.69, 9.17) is 23.2 Å². The lowest BCUT2D eigenvalue weighted by Crippen LogP contribution is -2.37. The molecule has 2 heterocycles. The van der Waals surface area contributed by atoms with Gasteiger partial charge in [0.2, 0.25) is 0 Å². The molecule has 2 aromatic rings. The summed E-state index contributed by atoms with van der Waals surface area (Å²) in [5.74, 6) is 0.223. The molecule has 1 aromatic carbocycles. The molecule has 0 N–H and O–H groups in total. The maximum absolute atomic E-state index is 12.7. The van der Waals surface area contributed by atoms with Crippen LogP contribution >= 0.6 is 23.2 Å². The van der Waals surface area contributed by atoms with E-state index in [-0.39, 0.29) is 26.6 Å². The minimum absolute atomic E-state index is 0.0713. The van der Waals surface area contributed by atoms with Gasteiger partial charge < -0.3 is 4.90 Å². The van der Waals surface area contributed by atoms with Crippen molar-refractivity contribution in [1.29, 1.82) is 0 Å². The molecule has 0 atom stereocenters. The number of benzene rings is 1. The highest BCUT2D eigenvalue weighted by Gasteiger charge is 2.24. The lowest BCUT2D eigenvalue weighted by Gasteiger charge is -2.30. The fourth-order valence-electron chi connectivity index (χ4n) is 3.08. The maximum Gasteiger partial charge on any atom is 0.255 e. The third kappa shape index (κ3) is 4.62. The Morgan fingerprint density at radius 2 is 1.78 bits per heavy atom. The van der Waals surface area contributed by atoms with Gasteiger partial charge in [0.1, 0.15) is 4.90 Å². The fraction of sp³-hybridized carbons (Fsp3) is 0.368. The van der Waals surface area contributed by atoms with Gasteiger partial charge in [-0.15, -0.1) is 0 Å². The predicted molar refractivity (Wildman–Crippen MR) is 106 cm³/mol. The summed E-state index contributed by atoms with van der Waals surface area (Å²) in [6.45, 7) is 3.66. The van der Waals surface area contributed by atoms with Gasteiger partial charge in [-0.25, -0.2) is 8.42 Å². The summed E-state index contributed by atoms with van der Waals surface area (Å²) in [5, 5.41) is 0.155. The van der Waals surface area contributed by atoms with Crippen molar-refractivity contribution in [1.82, 2.24) is 9.88 Å². The average molecular weight is 427 g/mol. The number of nitrogens with zero attached hydrogens (tertiary/aromatic N) is 2. The molecule has 0 radical (unpaired) electrons. The molecule has 3 rings (SSSR count). The second-order valence-corrected chi connectivity index (χ2v) is 9.56. The molecule has 1 fully saturated rings. The van der Waals surface area contributed by atoms with Crippen molar-refractivity contribution in [2.45, 2.75) is 30.4 Å². The van der Waals surface area contributed by atoms with Crippen LogP contribution < -0.4 is 0 Å². The van der Waals surface area contributed by atoms with Gasteiger partial charge in [-0.1, -0.05) is 36.2 Å². The summed E-state index contributed by atoms with van der Waals surface area (Å²) in [6, 6.07) is 7.72. The normalized spacial score (nSPS) is 15.7. The van der Waals surface area contributed by atoms with Crippen molar-refractivity contribution in [2.24, 2.45) is 5.92 Å². The Kier molecular flexibility index (Phi) is 6.08. The van der Waals surface area contributed by atoms with Crippen molar-refractivity contribution < 1.29 is 13.2 Å². The van der Waals surface area contributed by atoms with E-state index in [1.54, 1.807) is 18.2 Å². The number of sulfone groups is 1. The van der Waals surface area contributed by atoms with Gasteiger partial charge in [0.25, 0.3) is 5.91 Å². The van der Waals surface area contributed by atoms with Crippen LogP contribution in [0.3, 0.4) is 0 Å². The van der Waals surface area contributed by atoms with Crippen molar-refractivity contribution in [3.8, 4) is 0 Å². The highest BCUT2D eigenvalue weighted by Crippen LogP contribution is 2.31. The molecule has 5 nitrogen and oxygen atoms in total. The van der Waals surface area contributed by atoms with E-state index in [9.17, 15) is 13.2 Å². The minimum Gasteiger partial charge on any atom is -0.339 e. The summed E-state index contributed by atoms with van der Waals surface area (Å²) in [6.07, 6.45) is 3.42. The van der Waals surface area contributed by atoms with Crippen molar-refractivity contribution >= 4 is 38.9 Å². The van der Waals surface area contributed by atoms with E-state index in [2.05, 4.69) is 11.9 Å². The van der Waals surface area contributed by atoms with Crippen molar-refractivity contribution in [3.05, 3.63) is 57.8 Å². The number of carbonyl (C=O) groups excluding carboxylic acids is 1. The van der Waals surface area contributed by atoms with Gasteiger partial charge in [0, 0.05) is 19.3 Å². The zero-order valence-electron chi connectivity index (χ0n) is 14.9. The molecule has 27 heavy (non-hydrogen) atoms. The molecular formula is C19H20Cl2N2O3S. The molecule has 1 aliphatic heterocycles. The second-order valence-electron chi connectivity index (χ2n) is 6.82. The van der Waals surface area contributed by atoms with E-state index in [1.807, 2.05) is 4.90 Å². The third-order valence-corrected chi connectivity index (χ3v) is 7.30. The number of carbonyl (C=O) groups is 1. The topological polar surface area (TPSA) is 67.3 Å². The van der Waals surface area contributed by atoms with Crippen LogP contribution in [0.5, 0.6) is 0 Å². The number of amides is 1. The number of halogens is 2. The van der Waals surface area contributed by atoms with Crippen molar-refractivity contribution in [2.75, 3.05) is 13.1 Å². The van der Waals surface area contributed by atoms with Crippen LogP contribution in [0.1, 0.15) is 35.8 Å². The van der Waals surface area contributed by atoms with Crippen LogP contribution in [-0.2, 0) is 15.6 Å². The summed E-state index contributed by atoms with van der Waals surface area (Å²) >= 11 is 12.0. The third-order valence-electron chi connectivity index (χ3n) is 4.71. The Hall–Kier alpha value is -1.63. The molecule has 1 aliphatic rings. The lowest BCUT2D eigenvalue weighted by atomic mass is 9.99. The summed E-state index contributed by atoms with van der Waals surface area (Å²) in [4.78, 5) is 18.4. The lowest BCUT2D eigenvalue weighted by molar-refractivity contribution is 0.0697. The van der Waals surface area contributed by atoms with E-state index < -0.39 is 9.84 Å². The molecule has 0 spiro atoms. The van der Waals surface area contributed by atoms with Crippen LogP contribution in [-0.4, -0.2) is 37.3 Å². The Bertz CT molecular complexity index is 918. The molecule has 0 bridgehead atoms. The number of rotatable bonds is 4. The zero-order chi connectivity index (χ0) is 19.6. The Morgan fingerprint density at radius 3 is 2.33 bits per heavy atom. The van der Waals surface area contributed by atoms with Gasteiger partial charge in [-0.2, -0.15) is 0 Å². The second kappa shape index (κ2) is 8.17. The Balaban J connectivity index is 1.75. The van der Waals surface area contributed by atoms with Crippen LogP contribution in [0.15, 0.2) is 41.4 Å². The van der Waals surface area contributed by atoms with E-state index >= 15 is 0 Å². The fourth-order valence-corrected chi connectivity index (χ4v) is 5.61. The molecule has 1 saturated heterocycles. The molecule has 1 aromatic heterocycles. The number of pyridine rings is 1. The minimum atomic E-state index is -3.76. The van der Waals surface area contributed by atoms with E-state index in [0.717, 1.165) is 25.9 Å². The zero-order valence-corrected chi connectivity index (χ0v) is 17.2. The molecule has 0 aliphatic carbocycles. The first-order valence-corrected chi connectivity index (χ1v) is 11.1. The molecule has 8 heteroatoms. The SMILES string of the molecule is CC1CCN(C(=O)c2ccc(CS(=O)(=O)c3c(Cl)cccc3Cl)nc2)CC1. The maximum atomic E-state index is 12.7. The van der Waals surface area contributed by atoms with Gasteiger partial charge in [0.05, 0.1) is 27.1 Å². The first kappa shape index (κ1) is 20.1. The summed E-state index contributed by atoms with van der Waals surface area (Å²) in [7, 11) is -3.76. The largest absolute Gasteiger partial charge is 0.339 e. The van der Waals surface area contributed by atoms with Crippen molar-refractivity contribution in [3.63, 3.8) is 0 Å². The average Bonchev–Trinajstić information content (AvgIpc) is 2.62. The molecular weight excluding hydrogens is 407 g/mol. The first-order chi connectivity index (χ1) is 12.8. The van der Waals surface area contributed by atoms with Crippen LogP contribution in [0.4, 0.5) is 0 Å². The number of hydrogen-bond acceptors (Lipinski definition) is 4. The first-order valence-electron chi connectivity index (χ1n) is 8.69. The molecule has 144 valence electrons. The predicted octanol–water partition coefficient (Wildman–Crippen LogP) is 4.23. The standard InChI is InChI=1S/C19H20Cl2N2O3S/c1-13-7-9-23(10-8-13)19(24)14-5-6-15(22-11-14)12-27(25,26)18-16(20)3-2-4-17(18)21/h2-6,11,13H,7-10,12H2,1H3. The monoisotopic (exact) mass is 426 g/mol. The highest BCUT2D eigenvalue weighted by molar-refractivity contribution is 7.90. The molecule has 1 amide bonds. The summed E-state index contributed by atoms with van der Waals surface area (Å²) in [5.41, 5.74) is 0.788. The quantitative estimate of drug-likeness (QED) is 0.732. The van der Waals surface area contributed by atoms with E-state index in [1.165, 1.54) is 18.3 Å². The van der Waals surface area contributed by atoms with Gasteiger partial charge in [-0.05, 0) is 43.0 Å². The summed E-state index contributed by atoms with van der Waals surface area (Å²) < 4.78 is 25.3. The highest BCUT2D eigenvalue weighted by atomic mass is 35.5. The van der Waals surface area contributed by atoms with Gasteiger partial charge >= 0.3 is 0 Å². The van der Waals surface area contributed by atoms with Crippen LogP contribution in [0.2, 0.25) is 10.0 Å². The number of piperidine rings is 1. The number of likely N-dealkylation sites (tertiary alicyclic amines) is 1. The molecule has 0 saturated carbocycles. The number of hydrogen-bond donors (Lipinski definition) is 0. The smallest absolute Gasteiger partial charge is 0.255 e. The van der Waals surface area contributed by atoms with Gasteiger partial charge in [-0.3, -0.25) is 9.78 Å². The van der Waals surface area contributed by atoms with Crippen LogP contribution in [0, 0.1) is 5.92 Å². The van der Waals surface area contributed by atoms with Crippen LogP contribution in [0.25, 0.3) is 0 Å². The van der Waals surface area contributed by atoms with Gasteiger partial charge in [0.15, 0.2) is 9.84 Å². The number of aromatic nitrogens is 1. The molecule has 0 unspecified atom stereocenters.